The van der Waals surface area contributed by atoms with E-state index in [-0.39, 0.29) is 11.2 Å². The number of carboxylic acids is 1. The number of hydrogen-bond donors (Lipinski definition) is 3. The summed E-state index contributed by atoms with van der Waals surface area (Å²) in [6.07, 6.45) is -0.764. The topological polar surface area (TPSA) is 83.1 Å². The quantitative estimate of drug-likeness (QED) is 0.342. The minimum Gasteiger partial charge on any atom is -0.493 e. The number of likely N-dealkylation sites (tertiary alicyclic amines) is 1. The van der Waals surface area contributed by atoms with Crippen molar-refractivity contribution in [2.45, 2.75) is 55.9 Å². The molecule has 0 amide bonds. The van der Waals surface area contributed by atoms with E-state index < -0.39 is 12.1 Å². The van der Waals surface area contributed by atoms with Crippen molar-refractivity contribution < 1.29 is 36.9 Å². The molecule has 0 unspecified atom stereocenters. The maximum atomic E-state index is 13.1. The molecule has 214 valence electrons. The van der Waals surface area contributed by atoms with Crippen LogP contribution >= 0.6 is 12.2 Å². The van der Waals surface area contributed by atoms with Crippen molar-refractivity contribution in [3.05, 3.63) is 59.4 Å². The first-order chi connectivity index (χ1) is 18.4. The molecule has 0 bridgehead atoms. The van der Waals surface area contributed by atoms with Crippen molar-refractivity contribution in [1.82, 2.24) is 15.5 Å². The number of rotatable bonds is 6. The average molecular weight is 572 g/mol. The van der Waals surface area contributed by atoms with Gasteiger partial charge in [0.1, 0.15) is 5.82 Å². The summed E-state index contributed by atoms with van der Waals surface area (Å²) in [6, 6.07) is 13.6. The first-order valence-corrected chi connectivity index (χ1v) is 12.8. The summed E-state index contributed by atoms with van der Waals surface area (Å²) in [7, 11) is 5.59. The number of benzene rings is 2. The van der Waals surface area contributed by atoms with Crippen LogP contribution in [0.2, 0.25) is 0 Å². The van der Waals surface area contributed by atoms with Crippen LogP contribution in [0, 0.1) is 5.82 Å². The number of likely N-dealkylation sites (N-methyl/N-ethyl adjacent to an activating group) is 1. The first kappa shape index (κ1) is 30.4. The third-order valence-corrected chi connectivity index (χ3v) is 7.69. The fourth-order valence-corrected chi connectivity index (χ4v) is 5.65. The van der Waals surface area contributed by atoms with E-state index in [9.17, 15) is 17.6 Å². The van der Waals surface area contributed by atoms with Gasteiger partial charge in [-0.15, -0.1) is 0 Å². The minimum atomic E-state index is -5.08. The summed E-state index contributed by atoms with van der Waals surface area (Å²) in [5.41, 5.74) is 2.46. The lowest BCUT2D eigenvalue weighted by Gasteiger charge is -2.45. The van der Waals surface area contributed by atoms with E-state index in [1.807, 2.05) is 6.07 Å². The molecule has 2 aromatic rings. The van der Waals surface area contributed by atoms with Gasteiger partial charge < -0.3 is 30.1 Å². The number of carbonyl (C=O) groups is 1. The van der Waals surface area contributed by atoms with E-state index in [1.165, 1.54) is 17.7 Å². The molecule has 1 aliphatic carbocycles. The smallest absolute Gasteiger partial charge is 0.490 e. The van der Waals surface area contributed by atoms with Crippen LogP contribution in [0.1, 0.15) is 36.8 Å². The molecule has 2 aromatic carbocycles. The van der Waals surface area contributed by atoms with Gasteiger partial charge in [-0.25, -0.2) is 9.18 Å². The molecule has 1 saturated carbocycles. The second-order valence-electron chi connectivity index (χ2n) is 9.70. The normalized spacial score (nSPS) is 22.6. The summed E-state index contributed by atoms with van der Waals surface area (Å²) in [6.45, 7) is 1.66. The van der Waals surface area contributed by atoms with Crippen molar-refractivity contribution in [1.29, 1.82) is 0 Å². The number of fused-ring (bicyclic) bond motifs is 1. The Morgan fingerprint density at radius 2 is 1.77 bits per heavy atom. The van der Waals surface area contributed by atoms with Crippen LogP contribution in [0.3, 0.4) is 0 Å². The minimum absolute atomic E-state index is 0.121. The van der Waals surface area contributed by atoms with Gasteiger partial charge in [0.2, 0.25) is 0 Å². The van der Waals surface area contributed by atoms with Crippen LogP contribution in [0.15, 0.2) is 42.5 Å². The summed E-state index contributed by atoms with van der Waals surface area (Å²) < 4.78 is 55.9. The molecule has 2 fully saturated rings. The summed E-state index contributed by atoms with van der Waals surface area (Å²) in [5.74, 6) is -1.43. The zero-order chi connectivity index (χ0) is 28.8. The van der Waals surface area contributed by atoms with Crippen molar-refractivity contribution in [2.75, 3.05) is 27.8 Å². The van der Waals surface area contributed by atoms with Crippen LogP contribution in [-0.2, 0) is 16.8 Å². The molecular formula is C27H33F4N3O4S. The molecule has 39 heavy (non-hydrogen) atoms. The maximum Gasteiger partial charge on any atom is 0.490 e. The van der Waals surface area contributed by atoms with Crippen LogP contribution in [0.25, 0.3) is 0 Å². The monoisotopic (exact) mass is 571 g/mol. The number of halogens is 4. The average Bonchev–Trinajstić information content (AvgIpc) is 3.24. The van der Waals surface area contributed by atoms with E-state index in [2.05, 4.69) is 34.7 Å². The number of ether oxygens (including phenoxy) is 2. The lowest BCUT2D eigenvalue weighted by atomic mass is 9.65. The Bertz CT molecular complexity index is 1150. The Morgan fingerprint density at radius 3 is 2.36 bits per heavy atom. The second kappa shape index (κ2) is 12.8. The van der Waals surface area contributed by atoms with Crippen LogP contribution in [0.4, 0.5) is 17.6 Å². The summed E-state index contributed by atoms with van der Waals surface area (Å²) >= 11 is 5.55. The molecule has 12 heteroatoms. The molecule has 1 saturated heterocycles. The number of methoxy groups -OCH3 is 2. The zero-order valence-corrected chi connectivity index (χ0v) is 22.8. The highest BCUT2D eigenvalue weighted by Crippen LogP contribution is 2.49. The molecule has 0 spiro atoms. The van der Waals surface area contributed by atoms with Gasteiger partial charge in [-0.2, -0.15) is 13.2 Å². The molecule has 1 heterocycles. The molecule has 0 aromatic heterocycles. The van der Waals surface area contributed by atoms with Gasteiger partial charge >= 0.3 is 12.1 Å². The molecule has 3 atom stereocenters. The lowest BCUT2D eigenvalue weighted by molar-refractivity contribution is -0.192. The Hall–Kier alpha value is -3.12. The fourth-order valence-electron chi connectivity index (χ4n) is 5.42. The molecular weight excluding hydrogens is 538 g/mol. The fraction of sp³-hybridized carbons (Fsp3) is 0.481. The Morgan fingerprint density at radius 1 is 1.13 bits per heavy atom. The molecule has 3 N–H and O–H groups in total. The van der Waals surface area contributed by atoms with E-state index in [1.54, 1.807) is 26.4 Å². The molecule has 7 nitrogen and oxygen atoms in total. The molecule has 4 rings (SSSR count). The molecule has 2 aliphatic rings. The number of aliphatic carboxylic acids is 1. The van der Waals surface area contributed by atoms with Crippen LogP contribution in [-0.4, -0.2) is 67.2 Å². The number of nitrogens with zero attached hydrogens (tertiary/aromatic N) is 1. The number of nitrogens with one attached hydrogen (secondary N) is 2. The third-order valence-electron chi connectivity index (χ3n) is 7.43. The SMILES string of the molecule is COc1ccc([C@@]23CC[C@@H](NC(=S)NCc4ccc(F)cc4)C[C@@H]2N(C)CC3)cc1OC.O=C(O)C(F)(F)F. The third kappa shape index (κ3) is 7.51. The summed E-state index contributed by atoms with van der Waals surface area (Å²) in [4.78, 5) is 11.4. The Labute approximate surface area is 230 Å². The van der Waals surface area contributed by atoms with Crippen molar-refractivity contribution in [2.24, 2.45) is 0 Å². The molecule has 1 aliphatic heterocycles. The highest BCUT2D eigenvalue weighted by atomic mass is 32.1. The summed E-state index contributed by atoms with van der Waals surface area (Å²) in [5, 5.41) is 14.6. The van der Waals surface area contributed by atoms with Gasteiger partial charge in [0.15, 0.2) is 16.6 Å². The standard InChI is InChI=1S/C25H32FN3O2S.C2HF3O2/c1-29-13-12-25(18-6-9-21(30-2)22(14-18)31-3)11-10-20(15-23(25)29)28-24(32)27-16-17-4-7-19(26)8-5-17;3-2(4,5)1(6)7/h4-9,14,20,23H,10-13,15-16H2,1-3H3,(H2,27,28,32);(H,6,7)/t20-,23+,25+;/m1./s1. The van der Waals surface area contributed by atoms with E-state index in [0.29, 0.717) is 23.7 Å². The van der Waals surface area contributed by atoms with E-state index in [0.717, 1.165) is 49.3 Å². The van der Waals surface area contributed by atoms with Gasteiger partial charge in [-0.3, -0.25) is 0 Å². The van der Waals surface area contributed by atoms with Crippen LogP contribution < -0.4 is 20.1 Å². The zero-order valence-electron chi connectivity index (χ0n) is 22.0. The number of hydrogen-bond acceptors (Lipinski definition) is 5. The van der Waals surface area contributed by atoms with E-state index >= 15 is 0 Å². The maximum absolute atomic E-state index is 13.1. The largest absolute Gasteiger partial charge is 0.493 e. The van der Waals surface area contributed by atoms with Crippen molar-refractivity contribution >= 4 is 23.3 Å². The predicted octanol–water partition coefficient (Wildman–Crippen LogP) is 4.63. The Balaban J connectivity index is 0.000000532. The number of alkyl halides is 3. The van der Waals surface area contributed by atoms with Gasteiger partial charge in [0.25, 0.3) is 0 Å². The number of carboxylic acid groups (broad SMARTS) is 1. The lowest BCUT2D eigenvalue weighted by Crippen LogP contribution is -2.53. The second-order valence-corrected chi connectivity index (χ2v) is 10.1. The predicted molar refractivity (Wildman–Crippen MR) is 143 cm³/mol. The molecule has 0 radical (unpaired) electrons. The Kier molecular flexibility index (Phi) is 10.0. The van der Waals surface area contributed by atoms with Gasteiger partial charge in [-0.1, -0.05) is 18.2 Å². The highest BCUT2D eigenvalue weighted by Gasteiger charge is 2.50. The van der Waals surface area contributed by atoms with E-state index in [4.69, 9.17) is 31.6 Å². The van der Waals surface area contributed by atoms with Gasteiger partial charge in [0, 0.05) is 24.0 Å². The number of thiocarbonyl (C=S) groups is 1. The highest BCUT2D eigenvalue weighted by molar-refractivity contribution is 7.80. The van der Waals surface area contributed by atoms with Crippen molar-refractivity contribution in [3.8, 4) is 11.5 Å². The first-order valence-electron chi connectivity index (χ1n) is 12.4. The van der Waals surface area contributed by atoms with Gasteiger partial charge in [0.05, 0.1) is 14.2 Å². The van der Waals surface area contributed by atoms with Crippen LogP contribution in [0.5, 0.6) is 11.5 Å². The van der Waals surface area contributed by atoms with Gasteiger partial charge in [-0.05, 0) is 86.9 Å². The van der Waals surface area contributed by atoms with Crippen molar-refractivity contribution in [3.63, 3.8) is 0 Å².